The highest BCUT2D eigenvalue weighted by atomic mass is 32.2. The highest BCUT2D eigenvalue weighted by molar-refractivity contribution is 8.00. The van der Waals surface area contributed by atoms with Crippen LogP contribution in [0.1, 0.15) is 27.7 Å². The highest BCUT2D eigenvalue weighted by Crippen LogP contribution is 2.35. The number of carbonyl (C=O) groups excluding carboxylic acids is 1. The van der Waals surface area contributed by atoms with E-state index in [1.807, 2.05) is 20.1 Å². The van der Waals surface area contributed by atoms with E-state index in [0.717, 1.165) is 15.3 Å². The minimum absolute atomic E-state index is 0.233. The summed E-state index contributed by atoms with van der Waals surface area (Å²) in [4.78, 5) is 12.3. The number of thiophene rings is 1. The molecule has 0 N–H and O–H groups in total. The second-order valence-corrected chi connectivity index (χ2v) is 4.98. The van der Waals surface area contributed by atoms with Gasteiger partial charge in [-0.25, -0.2) is 4.79 Å². The minimum atomic E-state index is -0.233. The predicted molar refractivity (Wildman–Crippen MR) is 66.9 cm³/mol. The van der Waals surface area contributed by atoms with Gasteiger partial charge in [-0.1, -0.05) is 12.7 Å². The summed E-state index contributed by atoms with van der Waals surface area (Å²) in [6.07, 6.45) is 3.79. The molecule has 1 aromatic rings. The van der Waals surface area contributed by atoms with Crippen molar-refractivity contribution in [1.29, 1.82) is 0 Å². The molecule has 0 bridgehead atoms. The van der Waals surface area contributed by atoms with Gasteiger partial charge in [0.1, 0.15) is 4.88 Å². The quantitative estimate of drug-likeness (QED) is 0.596. The summed E-state index contributed by atoms with van der Waals surface area (Å²) >= 11 is 3.11. The largest absolute Gasteiger partial charge is 0.462 e. The zero-order valence-electron chi connectivity index (χ0n) is 9.12. The first-order valence-corrected chi connectivity index (χ1v) is 6.66. The van der Waals surface area contributed by atoms with Crippen molar-refractivity contribution in [2.24, 2.45) is 0 Å². The van der Waals surface area contributed by atoms with Crippen molar-refractivity contribution in [2.45, 2.75) is 18.1 Å². The molecule has 0 unspecified atom stereocenters. The van der Waals surface area contributed by atoms with Gasteiger partial charge in [-0.2, -0.15) is 0 Å². The molecule has 0 aromatic carbocycles. The third kappa shape index (κ3) is 2.44. The number of hydrogen-bond acceptors (Lipinski definition) is 4. The van der Waals surface area contributed by atoms with E-state index < -0.39 is 0 Å². The van der Waals surface area contributed by atoms with E-state index in [0.29, 0.717) is 11.5 Å². The number of thioether (sulfide) groups is 1. The SMILES string of the molecule is C=Cc1c(SC)sc(C(=O)OCC)c1C. The summed E-state index contributed by atoms with van der Waals surface area (Å²) in [5.41, 5.74) is 2.02. The summed E-state index contributed by atoms with van der Waals surface area (Å²) in [5, 5.41) is 0. The van der Waals surface area contributed by atoms with Gasteiger partial charge in [-0.3, -0.25) is 0 Å². The maximum Gasteiger partial charge on any atom is 0.348 e. The van der Waals surface area contributed by atoms with Gasteiger partial charge in [-0.05, 0) is 25.7 Å². The Morgan fingerprint density at radius 3 is 2.73 bits per heavy atom. The Balaban J connectivity index is 3.14. The zero-order valence-corrected chi connectivity index (χ0v) is 10.8. The molecule has 0 saturated heterocycles. The van der Waals surface area contributed by atoms with Gasteiger partial charge in [0.05, 0.1) is 10.8 Å². The molecule has 0 fully saturated rings. The predicted octanol–water partition coefficient (Wildman–Crippen LogP) is 3.60. The van der Waals surface area contributed by atoms with Gasteiger partial charge < -0.3 is 4.74 Å². The molecule has 2 nitrogen and oxygen atoms in total. The third-order valence-electron chi connectivity index (χ3n) is 2.01. The van der Waals surface area contributed by atoms with Crippen LogP contribution in [0.2, 0.25) is 0 Å². The molecule has 0 saturated carbocycles. The van der Waals surface area contributed by atoms with E-state index in [4.69, 9.17) is 4.74 Å². The molecule has 0 radical (unpaired) electrons. The summed E-state index contributed by atoms with van der Waals surface area (Å²) in [7, 11) is 0. The van der Waals surface area contributed by atoms with Crippen molar-refractivity contribution in [1.82, 2.24) is 0 Å². The lowest BCUT2D eigenvalue weighted by Gasteiger charge is -1.99. The van der Waals surface area contributed by atoms with Crippen molar-refractivity contribution < 1.29 is 9.53 Å². The van der Waals surface area contributed by atoms with Gasteiger partial charge in [0.2, 0.25) is 0 Å². The topological polar surface area (TPSA) is 26.3 Å². The van der Waals surface area contributed by atoms with Gasteiger partial charge in [0.15, 0.2) is 0 Å². The van der Waals surface area contributed by atoms with Crippen LogP contribution in [0.4, 0.5) is 0 Å². The fourth-order valence-electron chi connectivity index (χ4n) is 1.28. The van der Waals surface area contributed by atoms with Crippen molar-refractivity contribution in [2.75, 3.05) is 12.9 Å². The van der Waals surface area contributed by atoms with E-state index in [2.05, 4.69) is 6.58 Å². The molecule has 15 heavy (non-hydrogen) atoms. The molecular weight excluding hydrogens is 228 g/mol. The average Bonchev–Trinajstić information content (AvgIpc) is 2.55. The Labute approximate surface area is 98.3 Å². The number of rotatable bonds is 4. The number of ether oxygens (including phenoxy) is 1. The van der Waals surface area contributed by atoms with Crippen molar-refractivity contribution >= 4 is 35.1 Å². The second-order valence-electron chi connectivity index (χ2n) is 2.89. The standard InChI is InChI=1S/C11H14O2S2/c1-5-8-7(3)9(10(12)13-6-2)15-11(8)14-4/h5H,1,6H2,2-4H3. The van der Waals surface area contributed by atoms with Gasteiger partial charge in [0.25, 0.3) is 0 Å². The average molecular weight is 242 g/mol. The van der Waals surface area contributed by atoms with E-state index in [9.17, 15) is 4.79 Å². The smallest absolute Gasteiger partial charge is 0.348 e. The molecule has 0 atom stereocenters. The summed E-state index contributed by atoms with van der Waals surface area (Å²) < 4.78 is 6.11. The fraction of sp³-hybridized carbons (Fsp3) is 0.364. The first kappa shape index (κ1) is 12.3. The van der Waals surface area contributed by atoms with Crippen molar-refractivity contribution in [3.05, 3.63) is 22.6 Å². The van der Waals surface area contributed by atoms with Gasteiger partial charge in [0, 0.05) is 5.56 Å². The summed E-state index contributed by atoms with van der Waals surface area (Å²) in [6, 6.07) is 0. The molecule has 0 amide bonds. The second kappa shape index (κ2) is 5.37. The van der Waals surface area contributed by atoms with E-state index in [1.54, 1.807) is 17.8 Å². The molecule has 0 aliphatic carbocycles. The van der Waals surface area contributed by atoms with Crippen LogP contribution in [0.3, 0.4) is 0 Å². The molecule has 1 aromatic heterocycles. The maximum atomic E-state index is 11.6. The zero-order chi connectivity index (χ0) is 11.4. The van der Waals surface area contributed by atoms with Crippen LogP contribution < -0.4 is 0 Å². The molecule has 4 heteroatoms. The Kier molecular flexibility index (Phi) is 4.42. The highest BCUT2D eigenvalue weighted by Gasteiger charge is 2.18. The number of hydrogen-bond donors (Lipinski definition) is 0. The molecule has 0 aliphatic rings. The fourth-order valence-corrected chi connectivity index (χ4v) is 3.26. The lowest BCUT2D eigenvalue weighted by atomic mass is 10.2. The Morgan fingerprint density at radius 2 is 2.33 bits per heavy atom. The molecule has 82 valence electrons. The number of carbonyl (C=O) groups is 1. The van der Waals surface area contributed by atoms with E-state index in [-0.39, 0.29) is 5.97 Å². The first-order valence-electron chi connectivity index (χ1n) is 4.62. The lowest BCUT2D eigenvalue weighted by Crippen LogP contribution is -2.03. The molecule has 1 heterocycles. The monoisotopic (exact) mass is 242 g/mol. The molecular formula is C11H14O2S2. The van der Waals surface area contributed by atoms with Crippen LogP contribution in [0, 0.1) is 6.92 Å². The van der Waals surface area contributed by atoms with Crippen LogP contribution in [0.15, 0.2) is 10.8 Å². The minimum Gasteiger partial charge on any atom is -0.462 e. The van der Waals surface area contributed by atoms with Crippen LogP contribution in [-0.4, -0.2) is 18.8 Å². The van der Waals surface area contributed by atoms with E-state index in [1.165, 1.54) is 11.3 Å². The molecule has 1 rings (SSSR count). The normalized spacial score (nSPS) is 10.1. The first-order chi connectivity index (χ1) is 7.15. The molecule has 0 spiro atoms. The number of esters is 1. The van der Waals surface area contributed by atoms with Crippen LogP contribution >= 0.6 is 23.1 Å². The summed E-state index contributed by atoms with van der Waals surface area (Å²) in [6.45, 7) is 7.91. The van der Waals surface area contributed by atoms with Crippen LogP contribution in [-0.2, 0) is 4.74 Å². The maximum absolute atomic E-state index is 11.6. The Morgan fingerprint density at radius 1 is 1.67 bits per heavy atom. The Hall–Kier alpha value is -0.740. The Bertz CT molecular complexity index is 380. The van der Waals surface area contributed by atoms with E-state index >= 15 is 0 Å². The lowest BCUT2D eigenvalue weighted by molar-refractivity contribution is 0.0531. The van der Waals surface area contributed by atoms with Crippen molar-refractivity contribution in [3.8, 4) is 0 Å². The van der Waals surface area contributed by atoms with Crippen molar-refractivity contribution in [3.63, 3.8) is 0 Å². The van der Waals surface area contributed by atoms with Crippen LogP contribution in [0.25, 0.3) is 6.08 Å². The molecule has 0 aliphatic heterocycles. The van der Waals surface area contributed by atoms with Gasteiger partial charge in [-0.15, -0.1) is 23.1 Å². The third-order valence-corrected chi connectivity index (χ3v) is 4.43. The summed E-state index contributed by atoms with van der Waals surface area (Å²) in [5.74, 6) is -0.233. The van der Waals surface area contributed by atoms with Crippen LogP contribution in [0.5, 0.6) is 0 Å². The van der Waals surface area contributed by atoms with Gasteiger partial charge >= 0.3 is 5.97 Å².